The van der Waals surface area contributed by atoms with Crippen molar-refractivity contribution in [2.24, 2.45) is 17.3 Å². The summed E-state index contributed by atoms with van der Waals surface area (Å²) in [5.74, 6) is 1.61. The summed E-state index contributed by atoms with van der Waals surface area (Å²) in [5, 5.41) is 3.68. The van der Waals surface area contributed by atoms with Gasteiger partial charge in [0.05, 0.1) is 0 Å². The van der Waals surface area contributed by atoms with E-state index in [0.717, 1.165) is 18.4 Å². The predicted octanol–water partition coefficient (Wildman–Crippen LogP) is 4.58. The van der Waals surface area contributed by atoms with Gasteiger partial charge < -0.3 is 5.32 Å². The van der Waals surface area contributed by atoms with Crippen molar-refractivity contribution in [3.05, 3.63) is 35.4 Å². The third kappa shape index (κ3) is 4.07. The van der Waals surface area contributed by atoms with Crippen molar-refractivity contribution in [1.82, 2.24) is 5.32 Å². The largest absolute Gasteiger partial charge is 0.310 e. The number of nitrogens with one attached hydrogen (secondary N) is 1. The molecule has 1 saturated carbocycles. The van der Waals surface area contributed by atoms with Crippen LogP contribution in [0.15, 0.2) is 24.3 Å². The molecule has 0 amide bonds. The van der Waals surface area contributed by atoms with Crippen LogP contribution >= 0.6 is 0 Å². The Kier molecular flexibility index (Phi) is 4.35. The van der Waals surface area contributed by atoms with Gasteiger partial charge >= 0.3 is 0 Å². The summed E-state index contributed by atoms with van der Waals surface area (Å²) in [6.07, 6.45) is 2.55. The molecule has 0 aromatic heterocycles. The molecule has 1 N–H and O–H groups in total. The van der Waals surface area contributed by atoms with Crippen LogP contribution in [0.5, 0.6) is 0 Å². The van der Waals surface area contributed by atoms with Crippen LogP contribution in [-0.4, -0.2) is 6.54 Å². The molecular formula is C18H29N. The zero-order valence-electron chi connectivity index (χ0n) is 13.2. The van der Waals surface area contributed by atoms with Crippen LogP contribution < -0.4 is 5.32 Å². The summed E-state index contributed by atoms with van der Waals surface area (Å²) in [6.45, 7) is 12.7. The van der Waals surface area contributed by atoms with E-state index in [1.807, 2.05) is 0 Å². The van der Waals surface area contributed by atoms with E-state index in [4.69, 9.17) is 0 Å². The van der Waals surface area contributed by atoms with Crippen LogP contribution in [0.2, 0.25) is 0 Å². The summed E-state index contributed by atoms with van der Waals surface area (Å²) in [6, 6.07) is 9.61. The van der Waals surface area contributed by atoms with E-state index in [1.54, 1.807) is 0 Å². The first kappa shape index (κ1) is 14.6. The molecular weight excluding hydrogens is 230 g/mol. The first-order chi connectivity index (χ1) is 8.88. The van der Waals surface area contributed by atoms with E-state index in [1.165, 1.54) is 24.0 Å². The minimum Gasteiger partial charge on any atom is -0.310 e. The van der Waals surface area contributed by atoms with Crippen molar-refractivity contribution in [1.29, 1.82) is 0 Å². The van der Waals surface area contributed by atoms with Crippen LogP contribution in [-0.2, 0) is 6.42 Å². The van der Waals surface area contributed by atoms with Crippen molar-refractivity contribution in [3.8, 4) is 0 Å². The number of hydrogen-bond donors (Lipinski definition) is 1. The molecule has 0 saturated heterocycles. The predicted molar refractivity (Wildman–Crippen MR) is 83.3 cm³/mol. The Morgan fingerprint density at radius 1 is 1.16 bits per heavy atom. The van der Waals surface area contributed by atoms with Gasteiger partial charge in [0, 0.05) is 6.04 Å². The van der Waals surface area contributed by atoms with Crippen molar-refractivity contribution in [2.75, 3.05) is 6.54 Å². The van der Waals surface area contributed by atoms with Gasteiger partial charge in [-0.1, -0.05) is 52.0 Å². The second-order valence-electron chi connectivity index (χ2n) is 7.36. The smallest absolute Gasteiger partial charge is 0.0291 e. The molecule has 1 nitrogen and oxygen atoms in total. The van der Waals surface area contributed by atoms with Gasteiger partial charge in [-0.2, -0.15) is 0 Å². The molecule has 0 radical (unpaired) electrons. The molecule has 1 aromatic rings. The third-order valence-electron chi connectivity index (χ3n) is 4.51. The average Bonchev–Trinajstić information content (AvgIpc) is 2.94. The zero-order chi connectivity index (χ0) is 14.0. The lowest BCUT2D eigenvalue weighted by molar-refractivity contribution is 0.485. The first-order valence-electron chi connectivity index (χ1n) is 7.70. The fraction of sp³-hybridized carbons (Fsp3) is 0.667. The highest BCUT2D eigenvalue weighted by atomic mass is 14.9. The standard InChI is InChI=1S/C18H29N/c1-13(2)10-15-6-8-16(9-7-15)14(3)19-12-17-11-18(17,4)5/h6-9,13-14,17,19H,10-12H2,1-5H3. The molecule has 1 aliphatic carbocycles. The molecule has 1 aliphatic rings. The Morgan fingerprint density at radius 3 is 2.21 bits per heavy atom. The van der Waals surface area contributed by atoms with E-state index in [-0.39, 0.29) is 0 Å². The Bertz CT molecular complexity index is 402. The Morgan fingerprint density at radius 2 is 1.74 bits per heavy atom. The van der Waals surface area contributed by atoms with Crippen molar-refractivity contribution < 1.29 is 0 Å². The maximum Gasteiger partial charge on any atom is 0.0291 e. The van der Waals surface area contributed by atoms with E-state index in [2.05, 4.69) is 64.2 Å². The average molecular weight is 259 g/mol. The SMILES string of the molecule is CC(C)Cc1ccc(C(C)NCC2CC2(C)C)cc1. The number of benzene rings is 1. The molecule has 1 aromatic carbocycles. The minimum atomic E-state index is 0.462. The van der Waals surface area contributed by atoms with Gasteiger partial charge in [-0.05, 0) is 54.7 Å². The highest BCUT2D eigenvalue weighted by Gasteiger charge is 2.44. The second kappa shape index (κ2) is 5.66. The first-order valence-corrected chi connectivity index (χ1v) is 7.70. The molecule has 2 rings (SSSR count). The Labute approximate surface area is 118 Å². The van der Waals surface area contributed by atoms with Crippen molar-refractivity contribution >= 4 is 0 Å². The number of hydrogen-bond acceptors (Lipinski definition) is 1. The van der Waals surface area contributed by atoms with Crippen molar-refractivity contribution in [2.45, 2.75) is 53.5 Å². The van der Waals surface area contributed by atoms with Gasteiger partial charge in [-0.15, -0.1) is 0 Å². The van der Waals surface area contributed by atoms with Crippen LogP contribution in [0, 0.1) is 17.3 Å². The maximum atomic E-state index is 3.68. The molecule has 0 bridgehead atoms. The van der Waals surface area contributed by atoms with Crippen LogP contribution in [0.3, 0.4) is 0 Å². The van der Waals surface area contributed by atoms with Crippen LogP contribution in [0.4, 0.5) is 0 Å². The summed E-state index contributed by atoms with van der Waals surface area (Å²) in [5.41, 5.74) is 3.44. The highest BCUT2D eigenvalue weighted by Crippen LogP contribution is 2.51. The number of rotatable bonds is 6. The Hall–Kier alpha value is -0.820. The lowest BCUT2D eigenvalue weighted by Gasteiger charge is -2.16. The molecule has 0 aliphatic heterocycles. The summed E-state index contributed by atoms with van der Waals surface area (Å²) in [4.78, 5) is 0. The fourth-order valence-electron chi connectivity index (χ4n) is 2.78. The molecule has 106 valence electrons. The van der Waals surface area contributed by atoms with Crippen LogP contribution in [0.1, 0.15) is 58.2 Å². The summed E-state index contributed by atoms with van der Waals surface area (Å²) >= 11 is 0. The normalized spacial score (nSPS) is 22.5. The van der Waals surface area contributed by atoms with E-state index in [9.17, 15) is 0 Å². The van der Waals surface area contributed by atoms with E-state index in [0.29, 0.717) is 11.5 Å². The Balaban J connectivity index is 1.83. The fourth-order valence-corrected chi connectivity index (χ4v) is 2.78. The summed E-state index contributed by atoms with van der Waals surface area (Å²) in [7, 11) is 0. The van der Waals surface area contributed by atoms with Gasteiger partial charge in [0.15, 0.2) is 0 Å². The van der Waals surface area contributed by atoms with Gasteiger partial charge in [-0.25, -0.2) is 0 Å². The second-order valence-corrected chi connectivity index (χ2v) is 7.36. The van der Waals surface area contributed by atoms with Gasteiger partial charge in [0.2, 0.25) is 0 Å². The van der Waals surface area contributed by atoms with Gasteiger partial charge in [0.1, 0.15) is 0 Å². The minimum absolute atomic E-state index is 0.462. The molecule has 0 spiro atoms. The third-order valence-corrected chi connectivity index (χ3v) is 4.51. The quantitative estimate of drug-likeness (QED) is 0.788. The highest BCUT2D eigenvalue weighted by molar-refractivity contribution is 5.25. The lowest BCUT2D eigenvalue weighted by Crippen LogP contribution is -2.22. The van der Waals surface area contributed by atoms with Gasteiger partial charge in [-0.3, -0.25) is 0 Å². The van der Waals surface area contributed by atoms with Crippen LogP contribution in [0.25, 0.3) is 0 Å². The maximum absolute atomic E-state index is 3.68. The molecule has 2 atom stereocenters. The van der Waals surface area contributed by atoms with Gasteiger partial charge in [0.25, 0.3) is 0 Å². The molecule has 1 fully saturated rings. The molecule has 0 heterocycles. The van der Waals surface area contributed by atoms with E-state index < -0.39 is 0 Å². The van der Waals surface area contributed by atoms with E-state index >= 15 is 0 Å². The zero-order valence-corrected chi connectivity index (χ0v) is 13.2. The molecule has 1 heteroatoms. The molecule has 2 unspecified atom stereocenters. The van der Waals surface area contributed by atoms with Crippen molar-refractivity contribution in [3.63, 3.8) is 0 Å². The lowest BCUT2D eigenvalue weighted by atomic mass is 10.00. The topological polar surface area (TPSA) is 12.0 Å². The summed E-state index contributed by atoms with van der Waals surface area (Å²) < 4.78 is 0. The monoisotopic (exact) mass is 259 g/mol. The molecule has 19 heavy (non-hydrogen) atoms.